The molecule has 0 aromatic heterocycles. The van der Waals surface area contributed by atoms with Gasteiger partial charge in [-0.2, -0.15) is 0 Å². The smallest absolute Gasteiger partial charge is 0.312 e. The number of phenols is 1. The molecule has 2 aromatic carbocycles. The van der Waals surface area contributed by atoms with Crippen LogP contribution in [0.4, 0.5) is 0 Å². The standard InChI is InChI=1S/C24H30O6/c1-5-10-24(14-17-6-8-19(25)21(13-17)28-3)18(15-30-23(24)26)11-16-7-9-20(27-2)22(12-16)29-4/h6-9,12-13,18,25H,5,10-11,14-15H2,1-4H3/t18-,24+/m0/s1. The SMILES string of the molecule is CCC[C@]1(Cc2ccc(O)c(OC)c2)C(=O)OC[C@@H]1Cc1ccc(OC)c(OC)c1. The Morgan fingerprint density at radius 2 is 1.67 bits per heavy atom. The van der Waals surface area contributed by atoms with Gasteiger partial charge in [-0.1, -0.05) is 25.5 Å². The van der Waals surface area contributed by atoms with Crippen molar-refractivity contribution in [3.8, 4) is 23.0 Å². The fourth-order valence-corrected chi connectivity index (χ4v) is 4.45. The van der Waals surface area contributed by atoms with Crippen molar-refractivity contribution in [2.24, 2.45) is 11.3 Å². The van der Waals surface area contributed by atoms with Crippen LogP contribution >= 0.6 is 0 Å². The number of ether oxygens (including phenoxy) is 4. The van der Waals surface area contributed by atoms with Crippen LogP contribution in [0.5, 0.6) is 23.0 Å². The van der Waals surface area contributed by atoms with E-state index in [2.05, 4.69) is 6.92 Å². The monoisotopic (exact) mass is 414 g/mol. The molecule has 3 rings (SSSR count). The van der Waals surface area contributed by atoms with Crippen molar-refractivity contribution in [1.29, 1.82) is 0 Å². The first-order valence-corrected chi connectivity index (χ1v) is 10.2. The second-order valence-corrected chi connectivity index (χ2v) is 7.78. The van der Waals surface area contributed by atoms with Crippen LogP contribution in [0.15, 0.2) is 36.4 Å². The Kier molecular flexibility index (Phi) is 6.75. The summed E-state index contributed by atoms with van der Waals surface area (Å²) in [4.78, 5) is 13.0. The van der Waals surface area contributed by atoms with Crippen LogP contribution in [0.2, 0.25) is 0 Å². The lowest BCUT2D eigenvalue weighted by atomic mass is 9.68. The highest BCUT2D eigenvalue weighted by molar-refractivity contribution is 5.80. The van der Waals surface area contributed by atoms with Crippen LogP contribution in [-0.2, 0) is 22.4 Å². The van der Waals surface area contributed by atoms with E-state index in [1.54, 1.807) is 26.4 Å². The van der Waals surface area contributed by atoms with Crippen LogP contribution < -0.4 is 14.2 Å². The van der Waals surface area contributed by atoms with E-state index in [0.29, 0.717) is 36.7 Å². The Hall–Kier alpha value is -2.89. The van der Waals surface area contributed by atoms with Crippen molar-refractivity contribution < 1.29 is 28.8 Å². The molecule has 30 heavy (non-hydrogen) atoms. The molecule has 0 amide bonds. The van der Waals surface area contributed by atoms with Crippen LogP contribution in [0.1, 0.15) is 30.9 Å². The van der Waals surface area contributed by atoms with E-state index >= 15 is 0 Å². The second kappa shape index (κ2) is 9.28. The zero-order chi connectivity index (χ0) is 21.7. The average molecular weight is 414 g/mol. The molecule has 0 spiro atoms. The van der Waals surface area contributed by atoms with E-state index in [9.17, 15) is 9.90 Å². The van der Waals surface area contributed by atoms with Gasteiger partial charge in [-0.3, -0.25) is 4.79 Å². The molecule has 0 saturated carbocycles. The summed E-state index contributed by atoms with van der Waals surface area (Å²) in [6.07, 6.45) is 2.83. The number of cyclic esters (lactones) is 1. The van der Waals surface area contributed by atoms with Crippen LogP contribution in [0.3, 0.4) is 0 Å². The number of methoxy groups -OCH3 is 3. The molecule has 1 aliphatic heterocycles. The Balaban J connectivity index is 1.92. The summed E-state index contributed by atoms with van der Waals surface area (Å²) in [5.41, 5.74) is 1.39. The predicted octanol–water partition coefficient (Wildman–Crippen LogP) is 4.16. The van der Waals surface area contributed by atoms with Crippen molar-refractivity contribution in [3.63, 3.8) is 0 Å². The van der Waals surface area contributed by atoms with E-state index in [1.807, 2.05) is 24.3 Å². The first-order valence-electron chi connectivity index (χ1n) is 10.2. The first kappa shape index (κ1) is 21.8. The Labute approximate surface area is 177 Å². The number of hydrogen-bond donors (Lipinski definition) is 1. The highest BCUT2D eigenvalue weighted by Crippen LogP contribution is 2.45. The van der Waals surface area contributed by atoms with Gasteiger partial charge in [0, 0.05) is 5.92 Å². The number of hydrogen-bond acceptors (Lipinski definition) is 6. The van der Waals surface area contributed by atoms with Crippen LogP contribution in [0, 0.1) is 11.3 Å². The Morgan fingerprint density at radius 1 is 1.00 bits per heavy atom. The van der Waals surface area contributed by atoms with Gasteiger partial charge in [-0.05, 0) is 54.7 Å². The minimum atomic E-state index is -0.621. The van der Waals surface area contributed by atoms with Crippen LogP contribution in [0.25, 0.3) is 0 Å². The topological polar surface area (TPSA) is 74.2 Å². The fraction of sp³-hybridized carbons (Fsp3) is 0.458. The van der Waals surface area contributed by atoms with Crippen LogP contribution in [-0.4, -0.2) is 39.0 Å². The highest BCUT2D eigenvalue weighted by Gasteiger charge is 2.51. The molecule has 1 fully saturated rings. The normalized spacial score (nSPS) is 20.7. The largest absolute Gasteiger partial charge is 0.504 e. The minimum absolute atomic E-state index is 0.0304. The molecule has 0 aliphatic carbocycles. The summed E-state index contributed by atoms with van der Waals surface area (Å²) in [5.74, 6) is 1.72. The summed E-state index contributed by atoms with van der Waals surface area (Å²) >= 11 is 0. The van der Waals surface area contributed by atoms with E-state index in [1.165, 1.54) is 7.11 Å². The number of carbonyl (C=O) groups is 1. The molecule has 0 unspecified atom stereocenters. The van der Waals surface area contributed by atoms with E-state index in [-0.39, 0.29) is 17.6 Å². The number of phenolic OH excluding ortho intramolecular Hbond substituents is 1. The summed E-state index contributed by atoms with van der Waals surface area (Å²) in [5, 5.41) is 9.92. The quantitative estimate of drug-likeness (QED) is 0.621. The fourth-order valence-electron chi connectivity index (χ4n) is 4.45. The number of benzene rings is 2. The summed E-state index contributed by atoms with van der Waals surface area (Å²) < 4.78 is 21.6. The molecule has 6 nitrogen and oxygen atoms in total. The molecule has 1 N–H and O–H groups in total. The zero-order valence-corrected chi connectivity index (χ0v) is 18.1. The summed E-state index contributed by atoms with van der Waals surface area (Å²) in [6.45, 7) is 2.47. The second-order valence-electron chi connectivity index (χ2n) is 7.78. The summed E-state index contributed by atoms with van der Waals surface area (Å²) in [6, 6.07) is 11.1. The molecule has 0 radical (unpaired) electrons. The maximum Gasteiger partial charge on any atom is 0.312 e. The number of carbonyl (C=O) groups excluding carboxylic acids is 1. The lowest BCUT2D eigenvalue weighted by Gasteiger charge is -2.31. The third-order valence-corrected chi connectivity index (χ3v) is 5.99. The lowest BCUT2D eigenvalue weighted by Crippen LogP contribution is -2.36. The van der Waals surface area contributed by atoms with Crippen molar-refractivity contribution in [1.82, 2.24) is 0 Å². The molecular weight excluding hydrogens is 384 g/mol. The maximum absolute atomic E-state index is 13.0. The van der Waals surface area contributed by atoms with Crippen molar-refractivity contribution >= 4 is 5.97 Å². The van der Waals surface area contributed by atoms with E-state index in [4.69, 9.17) is 18.9 Å². The number of rotatable bonds is 9. The Bertz CT molecular complexity index is 893. The van der Waals surface area contributed by atoms with Crippen molar-refractivity contribution in [2.75, 3.05) is 27.9 Å². The van der Waals surface area contributed by atoms with Crippen molar-refractivity contribution in [3.05, 3.63) is 47.5 Å². The lowest BCUT2D eigenvalue weighted by molar-refractivity contribution is -0.147. The molecule has 6 heteroatoms. The maximum atomic E-state index is 13.0. The molecule has 2 aromatic rings. The van der Waals surface area contributed by atoms with Gasteiger partial charge < -0.3 is 24.1 Å². The van der Waals surface area contributed by atoms with Gasteiger partial charge in [0.1, 0.15) is 0 Å². The van der Waals surface area contributed by atoms with Crippen molar-refractivity contribution in [2.45, 2.75) is 32.6 Å². The summed E-state index contributed by atoms with van der Waals surface area (Å²) in [7, 11) is 4.74. The molecule has 1 heterocycles. The highest BCUT2D eigenvalue weighted by atomic mass is 16.5. The number of aromatic hydroxyl groups is 1. The van der Waals surface area contributed by atoms with Gasteiger partial charge in [0.25, 0.3) is 0 Å². The van der Waals surface area contributed by atoms with Gasteiger partial charge in [0.15, 0.2) is 23.0 Å². The van der Waals surface area contributed by atoms with Gasteiger partial charge in [-0.15, -0.1) is 0 Å². The molecular formula is C24H30O6. The van der Waals surface area contributed by atoms with Gasteiger partial charge in [0.2, 0.25) is 0 Å². The molecule has 1 saturated heterocycles. The zero-order valence-electron chi connectivity index (χ0n) is 18.1. The third-order valence-electron chi connectivity index (χ3n) is 5.99. The van der Waals surface area contributed by atoms with Gasteiger partial charge in [-0.25, -0.2) is 0 Å². The molecule has 1 aliphatic rings. The third kappa shape index (κ3) is 4.18. The van der Waals surface area contributed by atoms with Gasteiger partial charge >= 0.3 is 5.97 Å². The molecule has 162 valence electrons. The predicted molar refractivity (Wildman–Crippen MR) is 113 cm³/mol. The Morgan fingerprint density at radius 3 is 2.33 bits per heavy atom. The molecule has 2 atom stereocenters. The van der Waals surface area contributed by atoms with Gasteiger partial charge in [0.05, 0.1) is 33.4 Å². The van der Waals surface area contributed by atoms with E-state index in [0.717, 1.165) is 24.0 Å². The minimum Gasteiger partial charge on any atom is -0.504 e. The van der Waals surface area contributed by atoms with E-state index < -0.39 is 5.41 Å². The number of esters is 1. The molecule has 0 bridgehead atoms. The first-order chi connectivity index (χ1) is 14.5. The average Bonchev–Trinajstić information content (AvgIpc) is 3.04.